The normalized spacial score (nSPS) is 13.1. The van der Waals surface area contributed by atoms with Gasteiger partial charge >= 0.3 is 6.01 Å². The van der Waals surface area contributed by atoms with Crippen LogP contribution in [0, 0.1) is 5.41 Å². The topological polar surface area (TPSA) is 107 Å². The van der Waals surface area contributed by atoms with Crippen molar-refractivity contribution in [2.75, 3.05) is 12.3 Å². The molecule has 7 heteroatoms. The molecule has 0 spiro atoms. The van der Waals surface area contributed by atoms with E-state index in [1.807, 2.05) is 19.1 Å². The van der Waals surface area contributed by atoms with Crippen molar-refractivity contribution < 1.29 is 9.47 Å². The molecule has 2 aromatic heterocycles. The number of nitrogens with two attached hydrogens (primary N) is 1. The van der Waals surface area contributed by atoms with Crippen molar-refractivity contribution in [2.45, 2.75) is 13.3 Å². The van der Waals surface area contributed by atoms with E-state index in [9.17, 15) is 0 Å². The largest absolute Gasteiger partial charge is 0.464 e. The van der Waals surface area contributed by atoms with Crippen molar-refractivity contribution in [2.24, 2.45) is 0 Å². The Morgan fingerprint density at radius 1 is 1.42 bits per heavy atom. The summed E-state index contributed by atoms with van der Waals surface area (Å²) in [5.74, 6) is 0.870. The highest BCUT2D eigenvalue weighted by molar-refractivity contribution is 5.88. The maximum absolute atomic E-state index is 7.51. The highest BCUT2D eigenvalue weighted by Crippen LogP contribution is 2.31. The second-order valence-electron chi connectivity index (χ2n) is 4.95. The van der Waals surface area contributed by atoms with Crippen LogP contribution in [0.5, 0.6) is 6.01 Å². The van der Waals surface area contributed by atoms with Gasteiger partial charge < -0.3 is 20.6 Å². The molecule has 3 N–H and O–H groups in total. The van der Waals surface area contributed by atoms with Crippen molar-refractivity contribution in [3.63, 3.8) is 0 Å². The van der Waals surface area contributed by atoms with E-state index in [-0.39, 0.29) is 11.8 Å². The SMILES string of the molecule is CCOc1nccc(-c2cc(C=N)c(N)nc2C2=CCC=CO2)n1. The van der Waals surface area contributed by atoms with Gasteiger partial charge in [-0.05, 0) is 37.6 Å². The van der Waals surface area contributed by atoms with Crippen LogP contribution < -0.4 is 10.5 Å². The summed E-state index contributed by atoms with van der Waals surface area (Å²) >= 11 is 0. The third kappa shape index (κ3) is 3.10. The van der Waals surface area contributed by atoms with Gasteiger partial charge in [-0.3, -0.25) is 0 Å². The molecule has 1 aliphatic rings. The number of hydrogen-bond acceptors (Lipinski definition) is 7. The summed E-state index contributed by atoms with van der Waals surface area (Å²) in [6.45, 7) is 2.34. The van der Waals surface area contributed by atoms with Crippen molar-refractivity contribution in [1.29, 1.82) is 5.41 Å². The number of rotatable bonds is 5. The molecule has 2 aromatic rings. The van der Waals surface area contributed by atoms with Gasteiger partial charge in [0.1, 0.15) is 17.3 Å². The predicted molar refractivity (Wildman–Crippen MR) is 91.5 cm³/mol. The lowest BCUT2D eigenvalue weighted by Gasteiger charge is -2.15. The number of nitrogens with one attached hydrogen (secondary N) is 1. The van der Waals surface area contributed by atoms with Gasteiger partial charge in [-0.25, -0.2) is 9.97 Å². The Morgan fingerprint density at radius 2 is 2.29 bits per heavy atom. The fourth-order valence-electron chi connectivity index (χ4n) is 2.28. The maximum Gasteiger partial charge on any atom is 0.316 e. The van der Waals surface area contributed by atoms with Crippen LogP contribution >= 0.6 is 0 Å². The molecule has 3 heterocycles. The molecule has 0 radical (unpaired) electrons. The van der Waals surface area contributed by atoms with Gasteiger partial charge in [0.25, 0.3) is 0 Å². The number of nitrogen functional groups attached to an aromatic ring is 1. The molecule has 0 amide bonds. The zero-order valence-electron chi connectivity index (χ0n) is 13.2. The molecule has 0 saturated carbocycles. The molecule has 1 aliphatic heterocycles. The van der Waals surface area contributed by atoms with E-state index >= 15 is 0 Å². The lowest BCUT2D eigenvalue weighted by molar-refractivity contribution is 0.313. The summed E-state index contributed by atoms with van der Waals surface area (Å²) in [7, 11) is 0. The zero-order chi connectivity index (χ0) is 16.9. The van der Waals surface area contributed by atoms with E-state index in [2.05, 4.69) is 15.0 Å². The number of hydrogen-bond donors (Lipinski definition) is 2. The fraction of sp³-hybridized carbons (Fsp3) is 0.176. The first kappa shape index (κ1) is 15.7. The van der Waals surface area contributed by atoms with Crippen LogP contribution in [0.25, 0.3) is 17.0 Å². The van der Waals surface area contributed by atoms with Gasteiger partial charge in [0, 0.05) is 23.5 Å². The Morgan fingerprint density at radius 3 is 3.00 bits per heavy atom. The van der Waals surface area contributed by atoms with Gasteiger partial charge in [0.05, 0.1) is 18.6 Å². The molecule has 0 aromatic carbocycles. The van der Waals surface area contributed by atoms with E-state index in [1.54, 1.807) is 24.6 Å². The number of allylic oxidation sites excluding steroid dienone is 2. The molecule has 0 atom stereocenters. The molecule has 24 heavy (non-hydrogen) atoms. The van der Waals surface area contributed by atoms with Crippen molar-refractivity contribution in [1.82, 2.24) is 15.0 Å². The summed E-state index contributed by atoms with van der Waals surface area (Å²) in [5.41, 5.74) is 8.35. The summed E-state index contributed by atoms with van der Waals surface area (Å²) in [6, 6.07) is 3.81. The standard InChI is InChI=1S/C17H17N5O2/c1-2-23-17-20-7-6-13(21-17)12-9-11(10-18)16(19)22-15(12)14-5-3-4-8-24-14/h4-10,18H,2-3H2,1H3,(H2,19,22). The molecule has 0 fully saturated rings. The Kier molecular flexibility index (Phi) is 4.51. The molecule has 122 valence electrons. The number of anilines is 1. The van der Waals surface area contributed by atoms with Crippen molar-refractivity contribution in [3.05, 3.63) is 48.0 Å². The molecular weight excluding hydrogens is 306 g/mol. The third-order valence-electron chi connectivity index (χ3n) is 3.39. The van der Waals surface area contributed by atoms with Crippen LogP contribution in [-0.4, -0.2) is 27.8 Å². The van der Waals surface area contributed by atoms with E-state index in [4.69, 9.17) is 20.6 Å². The molecule has 0 bridgehead atoms. The van der Waals surface area contributed by atoms with E-state index < -0.39 is 0 Å². The Balaban J connectivity index is 2.15. The number of pyridine rings is 1. The predicted octanol–water partition coefficient (Wildman–Crippen LogP) is 2.79. The summed E-state index contributed by atoms with van der Waals surface area (Å²) < 4.78 is 10.9. The second kappa shape index (κ2) is 6.91. The Labute approximate surface area is 139 Å². The lowest BCUT2D eigenvalue weighted by Crippen LogP contribution is -2.06. The van der Waals surface area contributed by atoms with Crippen LogP contribution in [0.15, 0.2) is 36.7 Å². The Bertz CT molecular complexity index is 830. The summed E-state index contributed by atoms with van der Waals surface area (Å²) in [6.07, 6.45) is 8.96. The smallest absolute Gasteiger partial charge is 0.316 e. The molecule has 0 aliphatic carbocycles. The first-order valence-corrected chi connectivity index (χ1v) is 7.52. The fourth-order valence-corrected chi connectivity index (χ4v) is 2.28. The van der Waals surface area contributed by atoms with Crippen LogP contribution in [0.4, 0.5) is 5.82 Å². The minimum absolute atomic E-state index is 0.266. The van der Waals surface area contributed by atoms with Crippen LogP contribution in [0.1, 0.15) is 24.6 Å². The van der Waals surface area contributed by atoms with E-state index in [0.29, 0.717) is 34.9 Å². The van der Waals surface area contributed by atoms with Crippen LogP contribution in [0.2, 0.25) is 0 Å². The lowest BCUT2D eigenvalue weighted by atomic mass is 10.0. The minimum atomic E-state index is 0.266. The first-order chi connectivity index (χ1) is 11.7. The van der Waals surface area contributed by atoms with Crippen molar-refractivity contribution in [3.8, 4) is 17.3 Å². The van der Waals surface area contributed by atoms with Crippen LogP contribution in [-0.2, 0) is 4.74 Å². The summed E-state index contributed by atoms with van der Waals surface area (Å²) in [4.78, 5) is 12.9. The highest BCUT2D eigenvalue weighted by atomic mass is 16.5. The van der Waals surface area contributed by atoms with Gasteiger partial charge in [0.15, 0.2) is 0 Å². The van der Waals surface area contributed by atoms with Gasteiger partial charge in [0.2, 0.25) is 0 Å². The van der Waals surface area contributed by atoms with E-state index in [0.717, 1.165) is 12.6 Å². The van der Waals surface area contributed by atoms with Gasteiger partial charge in [-0.15, -0.1) is 0 Å². The summed E-state index contributed by atoms with van der Waals surface area (Å²) in [5, 5.41) is 7.51. The number of nitrogens with zero attached hydrogens (tertiary/aromatic N) is 3. The molecular formula is C17H17N5O2. The average Bonchev–Trinajstić information content (AvgIpc) is 2.63. The monoisotopic (exact) mass is 323 g/mol. The molecule has 0 unspecified atom stereocenters. The first-order valence-electron chi connectivity index (χ1n) is 7.52. The van der Waals surface area contributed by atoms with Crippen LogP contribution in [0.3, 0.4) is 0 Å². The van der Waals surface area contributed by atoms with Gasteiger partial charge in [-0.2, -0.15) is 4.98 Å². The third-order valence-corrected chi connectivity index (χ3v) is 3.39. The number of ether oxygens (including phenoxy) is 2. The highest BCUT2D eigenvalue weighted by Gasteiger charge is 2.18. The van der Waals surface area contributed by atoms with Gasteiger partial charge in [-0.1, -0.05) is 0 Å². The number of aromatic nitrogens is 3. The Hall–Kier alpha value is -3.22. The van der Waals surface area contributed by atoms with E-state index in [1.165, 1.54) is 0 Å². The molecule has 0 saturated heterocycles. The zero-order valence-corrected chi connectivity index (χ0v) is 13.2. The quantitative estimate of drug-likeness (QED) is 0.819. The average molecular weight is 323 g/mol. The minimum Gasteiger partial charge on any atom is -0.464 e. The second-order valence-corrected chi connectivity index (χ2v) is 4.95. The molecule has 3 rings (SSSR count). The maximum atomic E-state index is 7.51. The van der Waals surface area contributed by atoms with Crippen molar-refractivity contribution >= 4 is 17.8 Å². The molecule has 7 nitrogen and oxygen atoms in total.